The molecule has 0 unspecified atom stereocenters. The monoisotopic (exact) mass is 655 g/mol. The molecule has 12 heteroatoms. The van der Waals surface area contributed by atoms with E-state index in [1.807, 2.05) is 55.5 Å². The average Bonchev–Trinajstić information content (AvgIpc) is 3.13. The molecular weight excluding hydrogens is 614 g/mol. The second-order valence-electron chi connectivity index (χ2n) is 11.6. The zero-order valence-electron chi connectivity index (χ0n) is 26.7. The van der Waals surface area contributed by atoms with Crippen molar-refractivity contribution < 1.29 is 34.8 Å². The number of benzene rings is 3. The van der Waals surface area contributed by atoms with Crippen LogP contribution in [-0.4, -0.2) is 88.9 Å². The predicted octanol–water partition coefficient (Wildman–Crippen LogP) is 2.23. The summed E-state index contributed by atoms with van der Waals surface area (Å²) in [6.07, 6.45) is 1.58. The minimum absolute atomic E-state index is 0.145. The fourth-order valence-electron chi connectivity index (χ4n) is 5.35. The Morgan fingerprint density at radius 1 is 0.854 bits per heavy atom. The lowest BCUT2D eigenvalue weighted by atomic mass is 9.98. The number of ether oxygens (including phenoxy) is 1. The zero-order chi connectivity index (χ0) is 34.0. The number of nitrogens with one attached hydrogen (secondary N) is 3. The molecule has 0 radical (unpaired) electrons. The SMILES string of the molecule is Cc1c(NC(=O)c2ccc(CNC(CO)CO)cn2)cccc1-c1ccc2c(c1)OCCN2C(=O)c1ccc(CNC(CO)CO)cc1. The molecule has 0 atom stereocenters. The zero-order valence-corrected chi connectivity index (χ0v) is 26.7. The highest BCUT2D eigenvalue weighted by molar-refractivity contribution is 6.07. The molecule has 1 aliphatic heterocycles. The fraction of sp³-hybridized carbons (Fsp3) is 0.306. The molecule has 48 heavy (non-hydrogen) atoms. The van der Waals surface area contributed by atoms with Gasteiger partial charge >= 0.3 is 0 Å². The number of rotatable bonds is 14. The van der Waals surface area contributed by atoms with Gasteiger partial charge in [-0.2, -0.15) is 0 Å². The molecule has 0 spiro atoms. The van der Waals surface area contributed by atoms with Crippen LogP contribution >= 0.6 is 0 Å². The van der Waals surface area contributed by atoms with Crippen LogP contribution in [0.2, 0.25) is 0 Å². The van der Waals surface area contributed by atoms with Crippen LogP contribution in [0.3, 0.4) is 0 Å². The number of amides is 2. The lowest BCUT2D eigenvalue weighted by Gasteiger charge is -2.30. The van der Waals surface area contributed by atoms with Gasteiger partial charge in [0, 0.05) is 30.5 Å². The first-order valence-corrected chi connectivity index (χ1v) is 15.8. The number of hydrogen-bond donors (Lipinski definition) is 7. The van der Waals surface area contributed by atoms with Gasteiger partial charge in [-0.1, -0.05) is 36.4 Å². The Morgan fingerprint density at radius 2 is 1.52 bits per heavy atom. The normalized spacial score (nSPS) is 12.6. The Balaban J connectivity index is 1.27. The number of carbonyl (C=O) groups excluding carboxylic acids is 2. The van der Waals surface area contributed by atoms with E-state index in [0.29, 0.717) is 48.9 Å². The van der Waals surface area contributed by atoms with Crippen molar-refractivity contribution in [3.63, 3.8) is 0 Å². The third-order valence-corrected chi connectivity index (χ3v) is 8.29. The number of carbonyl (C=O) groups is 2. The number of anilines is 2. The lowest BCUT2D eigenvalue weighted by Crippen LogP contribution is -2.38. The van der Waals surface area contributed by atoms with E-state index in [9.17, 15) is 30.0 Å². The highest BCUT2D eigenvalue weighted by Crippen LogP contribution is 2.38. The molecular formula is C36H41N5O7. The molecule has 0 aliphatic carbocycles. The van der Waals surface area contributed by atoms with Crippen LogP contribution in [0, 0.1) is 6.92 Å². The Labute approximate surface area is 279 Å². The summed E-state index contributed by atoms with van der Waals surface area (Å²) in [6.45, 7) is 2.81. The van der Waals surface area contributed by atoms with Crippen LogP contribution in [0.25, 0.3) is 11.1 Å². The van der Waals surface area contributed by atoms with Gasteiger partial charge in [-0.25, -0.2) is 0 Å². The highest BCUT2D eigenvalue weighted by Gasteiger charge is 2.25. The summed E-state index contributed by atoms with van der Waals surface area (Å²) in [4.78, 5) is 32.6. The third kappa shape index (κ3) is 8.23. The minimum Gasteiger partial charge on any atom is -0.490 e. The summed E-state index contributed by atoms with van der Waals surface area (Å²) in [7, 11) is 0. The van der Waals surface area contributed by atoms with E-state index in [0.717, 1.165) is 27.8 Å². The summed E-state index contributed by atoms with van der Waals surface area (Å²) in [5.41, 5.74) is 6.45. The van der Waals surface area contributed by atoms with E-state index in [4.69, 9.17) is 4.74 Å². The molecule has 4 aromatic rings. The van der Waals surface area contributed by atoms with Crippen LogP contribution in [0.4, 0.5) is 11.4 Å². The van der Waals surface area contributed by atoms with Crippen LogP contribution in [-0.2, 0) is 13.1 Å². The van der Waals surface area contributed by atoms with Gasteiger partial charge in [-0.05, 0) is 71.1 Å². The van der Waals surface area contributed by atoms with Crippen molar-refractivity contribution in [1.29, 1.82) is 0 Å². The first-order valence-electron chi connectivity index (χ1n) is 15.8. The van der Waals surface area contributed by atoms with Crippen molar-refractivity contribution in [2.45, 2.75) is 32.1 Å². The Morgan fingerprint density at radius 3 is 2.17 bits per heavy atom. The lowest BCUT2D eigenvalue weighted by molar-refractivity contribution is 0.0975. The van der Waals surface area contributed by atoms with E-state index in [1.54, 1.807) is 35.4 Å². The molecule has 0 bridgehead atoms. The second-order valence-corrected chi connectivity index (χ2v) is 11.6. The van der Waals surface area contributed by atoms with Gasteiger partial charge in [0.15, 0.2) is 0 Å². The number of pyridine rings is 1. The van der Waals surface area contributed by atoms with Gasteiger partial charge in [0.25, 0.3) is 11.8 Å². The van der Waals surface area contributed by atoms with Gasteiger partial charge in [0.2, 0.25) is 0 Å². The number of fused-ring (bicyclic) bond motifs is 1. The molecule has 252 valence electrons. The van der Waals surface area contributed by atoms with E-state index < -0.39 is 12.1 Å². The molecule has 2 heterocycles. The standard InChI is InChI=1S/C36H41N5O7/c1-23-30(3-2-4-31(23)40-35(46)32-11-7-25(18-39-32)17-38-29(21-44)22-45)27-10-12-33-34(15-27)48-14-13-41(33)36(47)26-8-5-24(6-9-26)16-37-28(19-42)20-43/h2-12,15,18,28-29,37-38,42-45H,13-14,16-17,19-22H2,1H3,(H,40,46). The summed E-state index contributed by atoms with van der Waals surface area (Å²) in [5.74, 6) is 0.0858. The molecule has 1 aromatic heterocycles. The fourth-order valence-corrected chi connectivity index (χ4v) is 5.35. The van der Waals surface area contributed by atoms with Crippen molar-refractivity contribution in [3.05, 3.63) is 107 Å². The number of aromatic nitrogens is 1. The first-order chi connectivity index (χ1) is 23.3. The first kappa shape index (κ1) is 34.6. The predicted molar refractivity (Wildman–Crippen MR) is 182 cm³/mol. The van der Waals surface area contributed by atoms with Crippen LogP contribution in [0.5, 0.6) is 5.75 Å². The third-order valence-electron chi connectivity index (χ3n) is 8.29. The van der Waals surface area contributed by atoms with Crippen molar-refractivity contribution in [2.75, 3.05) is 49.8 Å². The maximum absolute atomic E-state index is 13.5. The molecule has 0 saturated carbocycles. The maximum Gasteiger partial charge on any atom is 0.274 e. The summed E-state index contributed by atoms with van der Waals surface area (Å²) >= 11 is 0. The Hall–Kier alpha value is -4.69. The smallest absolute Gasteiger partial charge is 0.274 e. The molecule has 12 nitrogen and oxygen atoms in total. The topological polar surface area (TPSA) is 177 Å². The largest absolute Gasteiger partial charge is 0.490 e. The van der Waals surface area contributed by atoms with Crippen molar-refractivity contribution in [3.8, 4) is 16.9 Å². The molecule has 3 aromatic carbocycles. The van der Waals surface area contributed by atoms with E-state index in [2.05, 4.69) is 20.9 Å². The van der Waals surface area contributed by atoms with E-state index in [1.165, 1.54) is 0 Å². The van der Waals surface area contributed by atoms with Crippen molar-refractivity contribution >= 4 is 23.2 Å². The number of aliphatic hydroxyl groups excluding tert-OH is 4. The molecule has 0 saturated heterocycles. The molecule has 0 fully saturated rings. The molecule has 1 aliphatic rings. The van der Waals surface area contributed by atoms with Gasteiger partial charge in [0.1, 0.15) is 18.1 Å². The van der Waals surface area contributed by atoms with Crippen LogP contribution < -0.4 is 25.6 Å². The van der Waals surface area contributed by atoms with Crippen LogP contribution in [0.1, 0.15) is 37.5 Å². The van der Waals surface area contributed by atoms with Crippen LogP contribution in [0.15, 0.2) is 79.0 Å². The molecule has 2 amide bonds. The summed E-state index contributed by atoms with van der Waals surface area (Å²) in [6, 6.07) is 21.2. The highest BCUT2D eigenvalue weighted by atomic mass is 16.5. The average molecular weight is 656 g/mol. The van der Waals surface area contributed by atoms with Gasteiger partial charge in [-0.15, -0.1) is 0 Å². The summed E-state index contributed by atoms with van der Waals surface area (Å²) < 4.78 is 5.99. The van der Waals surface area contributed by atoms with Crippen molar-refractivity contribution in [1.82, 2.24) is 15.6 Å². The second kappa shape index (κ2) is 16.4. The van der Waals surface area contributed by atoms with E-state index in [-0.39, 0.29) is 43.9 Å². The number of hydrogen-bond acceptors (Lipinski definition) is 10. The molecule has 5 rings (SSSR count). The molecule has 7 N–H and O–H groups in total. The van der Waals surface area contributed by atoms with Gasteiger partial charge in [-0.3, -0.25) is 14.6 Å². The Kier molecular flexibility index (Phi) is 11.9. The van der Waals surface area contributed by atoms with E-state index >= 15 is 0 Å². The van der Waals surface area contributed by atoms with Gasteiger partial charge in [0.05, 0.1) is 50.7 Å². The maximum atomic E-state index is 13.5. The minimum atomic E-state index is -0.426. The number of nitrogens with zero attached hydrogens (tertiary/aromatic N) is 2. The van der Waals surface area contributed by atoms with Crippen molar-refractivity contribution in [2.24, 2.45) is 0 Å². The number of aliphatic hydroxyl groups is 4. The Bertz CT molecular complexity index is 1690. The van der Waals surface area contributed by atoms with Gasteiger partial charge < -0.3 is 46.0 Å². The quantitative estimate of drug-likeness (QED) is 0.107. The summed E-state index contributed by atoms with van der Waals surface area (Å²) in [5, 5.41) is 46.0.